The number of benzene rings is 3. The number of para-hydroxylation sites is 1. The lowest BCUT2D eigenvalue weighted by Crippen LogP contribution is -2.33. The molecular weight excluding hydrogens is 428 g/mol. The van der Waals surface area contributed by atoms with Crippen LogP contribution in [-0.4, -0.2) is 29.7 Å². The summed E-state index contributed by atoms with van der Waals surface area (Å²) in [5.74, 6) is 0.861. The summed E-state index contributed by atoms with van der Waals surface area (Å²) in [6.45, 7) is -0.184. The topological polar surface area (TPSA) is 80.7 Å². The van der Waals surface area contributed by atoms with Crippen LogP contribution in [0.2, 0.25) is 5.02 Å². The highest BCUT2D eigenvalue weighted by molar-refractivity contribution is 6.35. The van der Waals surface area contributed by atoms with E-state index in [0.717, 1.165) is 5.56 Å². The molecule has 1 aromatic heterocycles. The minimum absolute atomic E-state index is 0.0462. The molecule has 1 amide bonds. The van der Waals surface area contributed by atoms with E-state index in [1.165, 1.54) is 0 Å². The van der Waals surface area contributed by atoms with E-state index in [1.54, 1.807) is 55.8 Å². The van der Waals surface area contributed by atoms with Gasteiger partial charge in [0, 0.05) is 17.1 Å². The van der Waals surface area contributed by atoms with E-state index in [2.05, 4.69) is 10.3 Å². The number of carbonyl (C=O) groups is 1. The van der Waals surface area contributed by atoms with Crippen molar-refractivity contribution >= 4 is 28.4 Å². The minimum Gasteiger partial charge on any atom is -0.505 e. The molecule has 7 heteroatoms. The van der Waals surface area contributed by atoms with Gasteiger partial charge in [-0.3, -0.25) is 9.78 Å². The van der Waals surface area contributed by atoms with Crippen LogP contribution >= 0.6 is 11.6 Å². The zero-order valence-electron chi connectivity index (χ0n) is 17.3. The molecule has 0 aliphatic rings. The number of aromatic hydroxyl groups is 1. The zero-order chi connectivity index (χ0) is 22.5. The van der Waals surface area contributed by atoms with Crippen molar-refractivity contribution in [3.63, 3.8) is 0 Å². The molecule has 1 atom stereocenters. The minimum atomic E-state index is -0.684. The van der Waals surface area contributed by atoms with E-state index in [1.807, 2.05) is 30.3 Å². The fraction of sp³-hybridized carbons (Fsp3) is 0.120. The molecule has 162 valence electrons. The molecule has 0 radical (unpaired) electrons. The van der Waals surface area contributed by atoms with Gasteiger partial charge in [-0.25, -0.2) is 0 Å². The van der Waals surface area contributed by atoms with Crippen molar-refractivity contribution in [2.45, 2.75) is 6.04 Å². The van der Waals surface area contributed by atoms with Gasteiger partial charge in [-0.15, -0.1) is 0 Å². The number of phenols is 1. The first kappa shape index (κ1) is 21.5. The summed E-state index contributed by atoms with van der Waals surface area (Å²) < 4.78 is 10.8. The smallest absolute Gasteiger partial charge is 0.258 e. The van der Waals surface area contributed by atoms with Crippen LogP contribution in [0.25, 0.3) is 10.9 Å². The summed E-state index contributed by atoms with van der Waals surface area (Å²) in [7, 11) is 1.58. The Balaban J connectivity index is 1.69. The van der Waals surface area contributed by atoms with Gasteiger partial charge in [0.1, 0.15) is 22.8 Å². The summed E-state index contributed by atoms with van der Waals surface area (Å²) >= 11 is 6.48. The number of carbonyl (C=O) groups excluding carboxylic acids is 1. The molecule has 0 saturated heterocycles. The standard InChI is InChI=1S/C25H21ClN2O4/c1-31-17-11-9-16(10-12-17)23(28-22(29)15-32-18-6-3-2-4-7-18)20-14-21(26)19-8-5-13-27-24(19)25(20)30/h2-14,23,30H,15H2,1H3,(H,28,29)/t23-/m0/s1. The Morgan fingerprint density at radius 3 is 2.53 bits per heavy atom. The molecular formula is C25H21ClN2O4. The largest absolute Gasteiger partial charge is 0.505 e. The summed E-state index contributed by atoms with van der Waals surface area (Å²) in [6.07, 6.45) is 1.58. The van der Waals surface area contributed by atoms with Gasteiger partial charge in [0.05, 0.1) is 18.2 Å². The highest BCUT2D eigenvalue weighted by Gasteiger charge is 2.23. The number of ether oxygens (including phenoxy) is 2. The molecule has 0 aliphatic carbocycles. The van der Waals surface area contributed by atoms with E-state index in [9.17, 15) is 9.90 Å². The highest BCUT2D eigenvalue weighted by Crippen LogP contribution is 2.38. The number of fused-ring (bicyclic) bond motifs is 1. The number of methoxy groups -OCH3 is 1. The van der Waals surface area contributed by atoms with Crippen molar-refractivity contribution in [3.05, 3.63) is 95.1 Å². The fourth-order valence-electron chi connectivity index (χ4n) is 3.43. The third kappa shape index (κ3) is 4.60. The molecule has 6 nitrogen and oxygen atoms in total. The maximum Gasteiger partial charge on any atom is 0.258 e. The molecule has 0 bridgehead atoms. The Hall–Kier alpha value is -3.77. The zero-order valence-corrected chi connectivity index (χ0v) is 18.0. The highest BCUT2D eigenvalue weighted by atomic mass is 35.5. The first-order valence-electron chi connectivity index (χ1n) is 9.94. The molecule has 0 spiro atoms. The number of aromatic nitrogens is 1. The number of halogens is 1. The third-order valence-corrected chi connectivity index (χ3v) is 5.34. The number of nitrogens with one attached hydrogen (secondary N) is 1. The molecule has 0 fully saturated rings. The second kappa shape index (κ2) is 9.58. The molecule has 3 aromatic carbocycles. The molecule has 2 N–H and O–H groups in total. The van der Waals surface area contributed by atoms with Gasteiger partial charge in [-0.1, -0.05) is 41.9 Å². The fourth-order valence-corrected chi connectivity index (χ4v) is 3.70. The second-order valence-electron chi connectivity index (χ2n) is 7.07. The summed E-state index contributed by atoms with van der Waals surface area (Å²) in [6, 6.07) is 20.8. The van der Waals surface area contributed by atoms with E-state index in [4.69, 9.17) is 21.1 Å². The predicted molar refractivity (Wildman–Crippen MR) is 123 cm³/mol. The van der Waals surface area contributed by atoms with Crippen molar-refractivity contribution in [1.82, 2.24) is 10.3 Å². The Morgan fingerprint density at radius 1 is 1.06 bits per heavy atom. The molecule has 4 rings (SSSR count). The van der Waals surface area contributed by atoms with Crippen molar-refractivity contribution in [3.8, 4) is 17.2 Å². The normalized spacial score (nSPS) is 11.7. The van der Waals surface area contributed by atoms with Crippen LogP contribution in [-0.2, 0) is 4.79 Å². The van der Waals surface area contributed by atoms with Crippen LogP contribution < -0.4 is 14.8 Å². The van der Waals surface area contributed by atoms with Crippen LogP contribution in [0.1, 0.15) is 17.2 Å². The lowest BCUT2D eigenvalue weighted by molar-refractivity contribution is -0.123. The van der Waals surface area contributed by atoms with Gasteiger partial charge in [-0.2, -0.15) is 0 Å². The number of nitrogens with zero attached hydrogens (tertiary/aromatic N) is 1. The molecule has 32 heavy (non-hydrogen) atoms. The average Bonchev–Trinajstić information content (AvgIpc) is 2.84. The number of hydrogen-bond acceptors (Lipinski definition) is 5. The Labute approximate surface area is 190 Å². The van der Waals surface area contributed by atoms with E-state index < -0.39 is 6.04 Å². The SMILES string of the molecule is COc1ccc([C@H](NC(=O)COc2ccccc2)c2cc(Cl)c3cccnc3c2O)cc1. The monoisotopic (exact) mass is 448 g/mol. The molecule has 4 aromatic rings. The number of phenolic OH excluding ortho intramolecular Hbond substituents is 1. The van der Waals surface area contributed by atoms with Crippen molar-refractivity contribution in [2.24, 2.45) is 0 Å². The lowest BCUT2D eigenvalue weighted by Gasteiger charge is -2.22. The quantitative estimate of drug-likeness (QED) is 0.421. The molecule has 0 unspecified atom stereocenters. The van der Waals surface area contributed by atoms with Crippen molar-refractivity contribution < 1.29 is 19.4 Å². The van der Waals surface area contributed by atoms with Crippen LogP contribution in [0.4, 0.5) is 0 Å². The first-order valence-corrected chi connectivity index (χ1v) is 10.3. The van der Waals surface area contributed by atoms with Gasteiger partial charge in [-0.05, 0) is 48.0 Å². The van der Waals surface area contributed by atoms with Crippen LogP contribution in [0.3, 0.4) is 0 Å². The summed E-state index contributed by atoms with van der Waals surface area (Å²) in [4.78, 5) is 17.0. The van der Waals surface area contributed by atoms with Crippen LogP contribution in [0.5, 0.6) is 17.2 Å². The first-order chi connectivity index (χ1) is 15.6. The van der Waals surface area contributed by atoms with E-state index >= 15 is 0 Å². The van der Waals surface area contributed by atoms with Gasteiger partial charge in [0.2, 0.25) is 0 Å². The van der Waals surface area contributed by atoms with Gasteiger partial charge in [0.25, 0.3) is 5.91 Å². The Bertz CT molecular complexity index is 1230. The molecule has 0 aliphatic heterocycles. The van der Waals surface area contributed by atoms with Crippen LogP contribution in [0.15, 0.2) is 79.0 Å². The predicted octanol–water partition coefficient (Wildman–Crippen LogP) is 4.89. The molecule has 0 saturated carbocycles. The van der Waals surface area contributed by atoms with Gasteiger partial charge in [0.15, 0.2) is 6.61 Å². The maximum absolute atomic E-state index is 12.8. The summed E-state index contributed by atoms with van der Waals surface area (Å²) in [5.41, 5.74) is 1.53. The second-order valence-corrected chi connectivity index (χ2v) is 7.48. The number of rotatable bonds is 7. The maximum atomic E-state index is 12.8. The Kier molecular flexibility index (Phi) is 6.42. The molecule has 1 heterocycles. The van der Waals surface area contributed by atoms with Crippen molar-refractivity contribution in [2.75, 3.05) is 13.7 Å². The average molecular weight is 449 g/mol. The van der Waals surface area contributed by atoms with Gasteiger partial charge < -0.3 is 19.9 Å². The van der Waals surface area contributed by atoms with Gasteiger partial charge >= 0.3 is 0 Å². The van der Waals surface area contributed by atoms with Crippen LogP contribution in [0, 0.1) is 0 Å². The lowest BCUT2D eigenvalue weighted by atomic mass is 9.96. The number of amides is 1. The van der Waals surface area contributed by atoms with Crippen molar-refractivity contribution in [1.29, 1.82) is 0 Å². The Morgan fingerprint density at radius 2 is 1.81 bits per heavy atom. The van der Waals surface area contributed by atoms with E-state index in [0.29, 0.717) is 33.0 Å². The third-order valence-electron chi connectivity index (χ3n) is 5.02. The number of pyridine rings is 1. The summed E-state index contributed by atoms with van der Waals surface area (Å²) in [5, 5.41) is 15.0. The van der Waals surface area contributed by atoms with E-state index in [-0.39, 0.29) is 18.3 Å². The number of hydrogen-bond donors (Lipinski definition) is 2.